The first-order chi connectivity index (χ1) is 15.2. The monoisotopic (exact) mass is 475 g/mol. The van der Waals surface area contributed by atoms with Crippen molar-refractivity contribution in [1.82, 2.24) is 0 Å². The lowest BCUT2D eigenvalue weighted by Crippen LogP contribution is -2.61. The highest BCUT2D eigenvalue weighted by atomic mass is 16.7. The van der Waals surface area contributed by atoms with Crippen molar-refractivity contribution in [3.63, 3.8) is 0 Å². The Morgan fingerprint density at radius 1 is 1.09 bits per heavy atom. The molecule has 2 saturated heterocycles. The first-order valence-electron chi connectivity index (χ1n) is 12.1. The summed E-state index contributed by atoms with van der Waals surface area (Å²) in [5.41, 5.74) is 5.94. The van der Waals surface area contributed by atoms with Crippen molar-refractivity contribution in [1.29, 1.82) is 0 Å². The summed E-state index contributed by atoms with van der Waals surface area (Å²) in [7, 11) is 0. The van der Waals surface area contributed by atoms with Gasteiger partial charge in [0, 0.05) is 25.2 Å². The number of ether oxygens (including phenoxy) is 3. The number of nitrogens with two attached hydrogens (primary N) is 1. The SMILES string of the molecule is CC(C)/C=C/[C@@H](CC1O[C@](O)(C[C@@H](O)C(C)C)CC(O)[C@H]1C)OC1OC(C)C(O)C(N)C1O. The van der Waals surface area contributed by atoms with Crippen LogP contribution in [-0.2, 0) is 14.2 Å². The van der Waals surface area contributed by atoms with E-state index in [1.165, 1.54) is 0 Å². The maximum absolute atomic E-state index is 11.0. The maximum Gasteiger partial charge on any atom is 0.186 e. The molecule has 9 nitrogen and oxygen atoms in total. The molecule has 7 N–H and O–H groups in total. The molecule has 7 unspecified atom stereocenters. The van der Waals surface area contributed by atoms with Gasteiger partial charge >= 0.3 is 0 Å². The number of rotatable bonds is 9. The molecule has 0 bridgehead atoms. The zero-order valence-electron chi connectivity index (χ0n) is 20.7. The summed E-state index contributed by atoms with van der Waals surface area (Å²) in [4.78, 5) is 0. The lowest BCUT2D eigenvalue weighted by atomic mass is 9.83. The van der Waals surface area contributed by atoms with Crippen molar-refractivity contribution >= 4 is 0 Å². The van der Waals surface area contributed by atoms with Gasteiger partial charge in [-0.2, -0.15) is 0 Å². The Kier molecular flexibility index (Phi) is 10.3. The van der Waals surface area contributed by atoms with Gasteiger partial charge in [0.25, 0.3) is 0 Å². The van der Waals surface area contributed by atoms with Gasteiger partial charge in [0.15, 0.2) is 12.1 Å². The van der Waals surface area contributed by atoms with Gasteiger partial charge in [0.05, 0.1) is 42.7 Å². The van der Waals surface area contributed by atoms with Crippen LogP contribution in [0.4, 0.5) is 0 Å². The van der Waals surface area contributed by atoms with Gasteiger partial charge < -0.3 is 45.5 Å². The third-order valence-electron chi connectivity index (χ3n) is 6.77. The van der Waals surface area contributed by atoms with Crippen molar-refractivity contribution in [2.75, 3.05) is 0 Å². The van der Waals surface area contributed by atoms with Crippen LogP contribution in [-0.4, -0.2) is 86.4 Å². The van der Waals surface area contributed by atoms with Crippen molar-refractivity contribution in [2.24, 2.45) is 23.5 Å². The van der Waals surface area contributed by atoms with Crippen molar-refractivity contribution in [2.45, 2.75) is 122 Å². The van der Waals surface area contributed by atoms with E-state index in [0.717, 1.165) is 0 Å². The highest BCUT2D eigenvalue weighted by Gasteiger charge is 2.47. The number of aliphatic hydroxyl groups excluding tert-OH is 4. The lowest BCUT2D eigenvalue weighted by molar-refractivity contribution is -0.309. The van der Waals surface area contributed by atoms with Gasteiger partial charge in [-0.3, -0.25) is 0 Å². The molecular weight excluding hydrogens is 430 g/mol. The lowest BCUT2D eigenvalue weighted by Gasteiger charge is -2.46. The van der Waals surface area contributed by atoms with Crippen LogP contribution >= 0.6 is 0 Å². The van der Waals surface area contributed by atoms with Gasteiger partial charge in [-0.05, 0) is 18.8 Å². The zero-order valence-corrected chi connectivity index (χ0v) is 20.7. The molecule has 0 aromatic rings. The summed E-state index contributed by atoms with van der Waals surface area (Å²) in [5, 5.41) is 52.5. The number of hydrogen-bond donors (Lipinski definition) is 6. The molecule has 0 aliphatic carbocycles. The van der Waals surface area contributed by atoms with Gasteiger partial charge in [0.2, 0.25) is 0 Å². The molecule has 11 atom stereocenters. The third-order valence-corrected chi connectivity index (χ3v) is 6.77. The van der Waals surface area contributed by atoms with Crippen LogP contribution in [0.5, 0.6) is 0 Å². The molecule has 2 heterocycles. The van der Waals surface area contributed by atoms with E-state index < -0.39 is 60.8 Å². The average Bonchev–Trinajstić information content (AvgIpc) is 2.71. The van der Waals surface area contributed by atoms with Crippen molar-refractivity contribution in [3.8, 4) is 0 Å². The number of hydrogen-bond acceptors (Lipinski definition) is 9. The highest BCUT2D eigenvalue weighted by Crippen LogP contribution is 2.37. The third kappa shape index (κ3) is 7.68. The Hall–Kier alpha value is -0.620. The smallest absolute Gasteiger partial charge is 0.186 e. The molecular formula is C24H45NO8. The predicted octanol–water partition coefficient (Wildman–Crippen LogP) is 0.649. The summed E-state index contributed by atoms with van der Waals surface area (Å²) in [6.45, 7) is 11.2. The van der Waals surface area contributed by atoms with Crippen LogP contribution in [0.2, 0.25) is 0 Å². The fraction of sp³-hybridized carbons (Fsp3) is 0.917. The molecule has 33 heavy (non-hydrogen) atoms. The molecule has 194 valence electrons. The van der Waals surface area contributed by atoms with Crippen LogP contribution in [0, 0.1) is 17.8 Å². The molecule has 0 amide bonds. The normalized spacial score (nSPS) is 42.2. The predicted molar refractivity (Wildman–Crippen MR) is 123 cm³/mol. The molecule has 2 fully saturated rings. The van der Waals surface area contributed by atoms with Crippen LogP contribution < -0.4 is 5.73 Å². The fourth-order valence-corrected chi connectivity index (χ4v) is 4.26. The van der Waals surface area contributed by atoms with Crippen molar-refractivity contribution < 1.29 is 39.7 Å². The minimum absolute atomic E-state index is 0.00693. The summed E-state index contributed by atoms with van der Waals surface area (Å²) in [6, 6.07) is -0.914. The van der Waals surface area contributed by atoms with Crippen LogP contribution in [0.3, 0.4) is 0 Å². The second-order valence-electron chi connectivity index (χ2n) is 10.6. The molecule has 0 radical (unpaired) electrons. The Morgan fingerprint density at radius 2 is 1.73 bits per heavy atom. The number of allylic oxidation sites excluding steroid dienone is 1. The maximum atomic E-state index is 11.0. The topological polar surface area (TPSA) is 155 Å². The Balaban J connectivity index is 2.18. The summed E-state index contributed by atoms with van der Waals surface area (Å²) < 4.78 is 17.8. The Morgan fingerprint density at radius 3 is 2.30 bits per heavy atom. The Labute approximate surface area is 197 Å². The van der Waals surface area contributed by atoms with E-state index in [1.807, 2.05) is 46.8 Å². The van der Waals surface area contributed by atoms with E-state index >= 15 is 0 Å². The quantitative estimate of drug-likeness (QED) is 0.264. The molecule has 2 aliphatic rings. The minimum Gasteiger partial charge on any atom is -0.393 e. The second kappa shape index (κ2) is 11.9. The summed E-state index contributed by atoms with van der Waals surface area (Å²) >= 11 is 0. The van der Waals surface area contributed by atoms with Crippen LogP contribution in [0.15, 0.2) is 12.2 Å². The molecule has 2 aliphatic heterocycles. The van der Waals surface area contributed by atoms with E-state index in [1.54, 1.807) is 6.92 Å². The van der Waals surface area contributed by atoms with Crippen LogP contribution in [0.1, 0.15) is 60.8 Å². The van der Waals surface area contributed by atoms with E-state index in [-0.39, 0.29) is 37.0 Å². The van der Waals surface area contributed by atoms with Crippen LogP contribution in [0.25, 0.3) is 0 Å². The molecule has 2 rings (SSSR count). The van der Waals surface area contributed by atoms with E-state index in [9.17, 15) is 25.5 Å². The molecule has 0 spiro atoms. The molecule has 9 heteroatoms. The van der Waals surface area contributed by atoms with Gasteiger partial charge in [-0.15, -0.1) is 0 Å². The van der Waals surface area contributed by atoms with Gasteiger partial charge in [-0.1, -0.05) is 46.8 Å². The Bertz CT molecular complexity index is 632. The number of aliphatic hydroxyl groups is 5. The summed E-state index contributed by atoms with van der Waals surface area (Å²) in [5.74, 6) is -1.77. The summed E-state index contributed by atoms with van der Waals surface area (Å²) in [6.07, 6.45) is -2.54. The average molecular weight is 476 g/mol. The molecule has 0 aromatic carbocycles. The van der Waals surface area contributed by atoms with E-state index in [2.05, 4.69) is 0 Å². The first kappa shape index (κ1) is 28.6. The standard InChI is InChI=1S/C24H45NO8/c1-12(2)7-8-16(32-23-22(29)20(25)21(28)15(6)31-23)9-19-14(5)18(27)11-24(30,33-19)10-17(26)13(3)4/h7-8,12-23,26-30H,9-11,25H2,1-6H3/b8-7+/t14-,15?,16+,17-,18?,19?,20?,21?,22?,23?,24-/m1/s1. The second-order valence-corrected chi connectivity index (χ2v) is 10.6. The molecule has 0 saturated carbocycles. The van der Waals surface area contributed by atoms with Gasteiger partial charge in [-0.25, -0.2) is 0 Å². The zero-order chi connectivity index (χ0) is 25.1. The first-order valence-corrected chi connectivity index (χ1v) is 12.1. The van der Waals surface area contributed by atoms with Gasteiger partial charge in [0.1, 0.15) is 6.10 Å². The largest absolute Gasteiger partial charge is 0.393 e. The van der Waals surface area contributed by atoms with E-state index in [0.29, 0.717) is 0 Å². The molecule has 0 aromatic heterocycles. The highest BCUT2D eigenvalue weighted by molar-refractivity contribution is 4.98. The fourth-order valence-electron chi connectivity index (χ4n) is 4.26. The van der Waals surface area contributed by atoms with Crippen molar-refractivity contribution in [3.05, 3.63) is 12.2 Å². The van der Waals surface area contributed by atoms with E-state index in [4.69, 9.17) is 19.9 Å². The minimum atomic E-state index is -1.66.